The molecule has 1 atom stereocenters. The molecular formula is C5H17N4P. The van der Waals surface area contributed by atoms with Gasteiger partial charge in [-0.05, 0) is 13.5 Å². The Morgan fingerprint density at radius 1 is 1.60 bits per heavy atom. The van der Waals surface area contributed by atoms with Crippen molar-refractivity contribution in [1.82, 2.24) is 10.2 Å². The third-order valence-corrected chi connectivity index (χ3v) is 2.67. The van der Waals surface area contributed by atoms with Crippen LogP contribution in [0.3, 0.4) is 0 Å². The lowest BCUT2D eigenvalue weighted by atomic mass is 10.3. The van der Waals surface area contributed by atoms with Gasteiger partial charge in [0.25, 0.3) is 0 Å². The zero-order valence-corrected chi connectivity index (χ0v) is 7.54. The number of nitrogens with one attached hydrogen (secondary N) is 3. The van der Waals surface area contributed by atoms with E-state index in [4.69, 9.17) is 10.7 Å². The van der Waals surface area contributed by atoms with Crippen molar-refractivity contribution in [3.63, 3.8) is 0 Å². The Kier molecular flexibility index (Phi) is 4.91. The third kappa shape index (κ3) is 4.94. The highest BCUT2D eigenvalue weighted by Crippen LogP contribution is 2.23. The first-order valence-electron chi connectivity index (χ1n) is 3.49. The van der Waals surface area contributed by atoms with Crippen LogP contribution in [0.1, 0.15) is 19.8 Å². The molecule has 0 spiro atoms. The standard InChI is InChI=1S/C5H17N4P/c1-3-4-5-9-10(6,7)8-2/h3-5H2,1-2H3,(H5,6,7,8,9). The van der Waals surface area contributed by atoms with E-state index in [0.717, 1.165) is 19.4 Å². The fourth-order valence-corrected chi connectivity index (χ4v) is 1.18. The molecular weight excluding hydrogens is 147 g/mol. The van der Waals surface area contributed by atoms with Gasteiger partial charge in [0.05, 0.1) is 0 Å². The summed E-state index contributed by atoms with van der Waals surface area (Å²) < 4.78 is 0. The average molecular weight is 164 g/mol. The molecule has 0 radical (unpaired) electrons. The molecule has 0 aliphatic carbocycles. The van der Waals surface area contributed by atoms with Crippen LogP contribution in [0, 0.1) is 5.16 Å². The van der Waals surface area contributed by atoms with Gasteiger partial charge in [-0.1, -0.05) is 13.3 Å². The fraction of sp³-hybridized carbons (Fsp3) is 1.00. The van der Waals surface area contributed by atoms with Gasteiger partial charge in [0.2, 0.25) is 0 Å². The van der Waals surface area contributed by atoms with Gasteiger partial charge >= 0.3 is 0 Å². The third-order valence-electron chi connectivity index (χ3n) is 1.24. The van der Waals surface area contributed by atoms with Gasteiger partial charge in [-0.15, -0.1) is 0 Å². The summed E-state index contributed by atoms with van der Waals surface area (Å²) in [5.41, 5.74) is 5.51. The lowest BCUT2D eigenvalue weighted by molar-refractivity contribution is 0.761. The minimum absolute atomic E-state index is 0.838. The molecule has 0 aromatic heterocycles. The highest BCUT2D eigenvalue weighted by Gasteiger charge is 2.03. The molecule has 0 aliphatic rings. The first-order valence-corrected chi connectivity index (χ1v) is 5.35. The van der Waals surface area contributed by atoms with E-state index in [1.807, 2.05) is 0 Å². The summed E-state index contributed by atoms with van der Waals surface area (Å²) >= 11 is 0. The minimum atomic E-state index is -2.20. The summed E-state index contributed by atoms with van der Waals surface area (Å²) in [4.78, 5) is 0. The largest absolute Gasteiger partial charge is 0.277 e. The van der Waals surface area contributed by atoms with Crippen LogP contribution in [-0.2, 0) is 0 Å². The SMILES string of the molecule is CCCCNP(=N)(N)NC. The van der Waals surface area contributed by atoms with Gasteiger partial charge in [0.1, 0.15) is 0 Å². The van der Waals surface area contributed by atoms with E-state index >= 15 is 0 Å². The second kappa shape index (κ2) is 4.85. The van der Waals surface area contributed by atoms with Gasteiger partial charge in [-0.3, -0.25) is 20.8 Å². The Hall–Kier alpha value is 0.110. The number of hydrogen-bond donors (Lipinski definition) is 4. The number of hydrogen-bond acceptors (Lipinski definition) is 1. The van der Waals surface area contributed by atoms with Crippen molar-refractivity contribution in [2.75, 3.05) is 13.6 Å². The van der Waals surface area contributed by atoms with Crippen LogP contribution in [-0.4, -0.2) is 13.6 Å². The van der Waals surface area contributed by atoms with Crippen LogP contribution >= 0.6 is 7.51 Å². The van der Waals surface area contributed by atoms with Crippen molar-refractivity contribution < 1.29 is 0 Å². The van der Waals surface area contributed by atoms with E-state index in [9.17, 15) is 0 Å². The smallest absolute Gasteiger partial charge is 0.154 e. The van der Waals surface area contributed by atoms with Crippen molar-refractivity contribution in [1.29, 1.82) is 5.16 Å². The molecule has 0 saturated heterocycles. The maximum absolute atomic E-state index is 7.42. The molecule has 0 amide bonds. The van der Waals surface area contributed by atoms with Gasteiger partial charge in [0, 0.05) is 6.54 Å². The molecule has 5 heteroatoms. The van der Waals surface area contributed by atoms with Crippen LogP contribution in [0.4, 0.5) is 0 Å². The van der Waals surface area contributed by atoms with Gasteiger partial charge in [0.15, 0.2) is 7.51 Å². The number of rotatable bonds is 5. The Balaban J connectivity index is 3.38. The summed E-state index contributed by atoms with van der Waals surface area (Å²) in [5.74, 6) is 0. The highest BCUT2D eigenvalue weighted by molar-refractivity contribution is 7.58. The molecule has 0 aliphatic heterocycles. The van der Waals surface area contributed by atoms with E-state index in [1.54, 1.807) is 7.05 Å². The lowest BCUT2D eigenvalue weighted by Crippen LogP contribution is -2.25. The molecule has 4 nitrogen and oxygen atoms in total. The zero-order chi connectivity index (χ0) is 8.04. The Morgan fingerprint density at radius 2 is 2.20 bits per heavy atom. The first kappa shape index (κ1) is 10.1. The quantitative estimate of drug-likeness (QED) is 0.363. The molecule has 0 rings (SSSR count). The van der Waals surface area contributed by atoms with Gasteiger partial charge in [-0.2, -0.15) is 0 Å². The molecule has 0 saturated carbocycles. The number of nitrogens with two attached hydrogens (primary N) is 1. The summed E-state index contributed by atoms with van der Waals surface area (Å²) in [5, 5.41) is 13.1. The van der Waals surface area contributed by atoms with E-state index in [-0.39, 0.29) is 0 Å². The minimum Gasteiger partial charge on any atom is -0.277 e. The second-order valence-corrected chi connectivity index (χ2v) is 4.42. The first-order chi connectivity index (χ1) is 4.62. The van der Waals surface area contributed by atoms with Crippen LogP contribution in [0.2, 0.25) is 0 Å². The molecule has 0 bridgehead atoms. The Bertz CT molecular complexity index is 125. The molecule has 0 aromatic carbocycles. The Labute approximate surface area is 62.6 Å². The van der Waals surface area contributed by atoms with Crippen molar-refractivity contribution >= 4 is 7.51 Å². The van der Waals surface area contributed by atoms with Crippen LogP contribution in [0.25, 0.3) is 0 Å². The van der Waals surface area contributed by atoms with Crippen molar-refractivity contribution in [3.05, 3.63) is 0 Å². The summed E-state index contributed by atoms with van der Waals surface area (Å²) in [6.45, 7) is 2.95. The second-order valence-electron chi connectivity index (χ2n) is 2.21. The molecule has 5 N–H and O–H groups in total. The monoisotopic (exact) mass is 164 g/mol. The summed E-state index contributed by atoms with van der Waals surface area (Å²) in [6, 6.07) is 0. The topological polar surface area (TPSA) is 73.9 Å². The molecule has 0 aromatic rings. The predicted octanol–water partition coefficient (Wildman–Crippen LogP) is 1.08. The molecule has 1 unspecified atom stereocenters. The normalized spacial score (nSPS) is 16.7. The van der Waals surface area contributed by atoms with Crippen LogP contribution in [0.5, 0.6) is 0 Å². The van der Waals surface area contributed by atoms with Crippen LogP contribution < -0.4 is 15.7 Å². The van der Waals surface area contributed by atoms with Gasteiger partial charge in [-0.25, -0.2) is 0 Å². The van der Waals surface area contributed by atoms with Gasteiger partial charge < -0.3 is 0 Å². The maximum Gasteiger partial charge on any atom is 0.154 e. The molecule has 0 fully saturated rings. The highest BCUT2D eigenvalue weighted by atomic mass is 31.2. The van der Waals surface area contributed by atoms with Crippen molar-refractivity contribution in [2.24, 2.45) is 5.50 Å². The molecule has 0 heterocycles. The average Bonchev–Trinajstić information content (AvgIpc) is 1.89. The summed E-state index contributed by atoms with van der Waals surface area (Å²) in [7, 11) is -0.495. The fourth-order valence-electron chi connectivity index (χ4n) is 0.511. The van der Waals surface area contributed by atoms with Crippen LogP contribution in [0.15, 0.2) is 0 Å². The Morgan fingerprint density at radius 3 is 2.60 bits per heavy atom. The molecule has 10 heavy (non-hydrogen) atoms. The van der Waals surface area contributed by atoms with E-state index < -0.39 is 7.51 Å². The molecule has 62 valence electrons. The zero-order valence-electron chi connectivity index (χ0n) is 6.65. The van der Waals surface area contributed by atoms with Crippen molar-refractivity contribution in [2.45, 2.75) is 19.8 Å². The van der Waals surface area contributed by atoms with Crippen molar-refractivity contribution in [3.8, 4) is 0 Å². The maximum atomic E-state index is 7.42. The summed E-state index contributed by atoms with van der Waals surface area (Å²) in [6.07, 6.45) is 2.22. The predicted molar refractivity (Wildman–Crippen MR) is 45.8 cm³/mol. The number of unbranched alkanes of at least 4 members (excludes halogenated alkanes) is 1. The van der Waals surface area contributed by atoms with E-state index in [0.29, 0.717) is 0 Å². The lowest BCUT2D eigenvalue weighted by Gasteiger charge is -2.16. The van der Waals surface area contributed by atoms with E-state index in [2.05, 4.69) is 17.1 Å². The van der Waals surface area contributed by atoms with E-state index in [1.165, 1.54) is 0 Å².